The first-order valence-corrected chi connectivity index (χ1v) is 8.15. The molecule has 0 aliphatic carbocycles. The summed E-state index contributed by atoms with van der Waals surface area (Å²) in [7, 11) is 0. The molecule has 0 saturated heterocycles. The maximum Gasteiger partial charge on any atom is 0.339 e. The second kappa shape index (κ2) is 7.57. The molecule has 1 amide bonds. The molecule has 7 heteroatoms. The van der Waals surface area contributed by atoms with E-state index in [1.165, 1.54) is 17.8 Å². The van der Waals surface area contributed by atoms with Crippen molar-refractivity contribution in [3.05, 3.63) is 52.4 Å². The standard InChI is InChI=1S/C16H16ClNO4S/c1-9-12(16(20)21)7-11(22-9)8-18-15(19)10(2)23-14-6-4-3-5-13(14)17/h3-7,10H,8H2,1-2H3,(H,18,19)(H,20,21). The molecule has 122 valence electrons. The van der Waals surface area contributed by atoms with Gasteiger partial charge in [0.15, 0.2) is 0 Å². The molecule has 1 aromatic heterocycles. The Hall–Kier alpha value is -1.92. The Kier molecular flexibility index (Phi) is 5.74. The molecule has 1 aromatic carbocycles. The first-order chi connectivity index (χ1) is 10.9. The third-order valence-electron chi connectivity index (χ3n) is 3.15. The summed E-state index contributed by atoms with van der Waals surface area (Å²) in [5.74, 6) is -0.504. The van der Waals surface area contributed by atoms with Gasteiger partial charge < -0.3 is 14.8 Å². The molecular formula is C16H16ClNO4S. The minimum absolute atomic E-state index is 0.104. The van der Waals surface area contributed by atoms with Crippen LogP contribution in [0.25, 0.3) is 0 Å². The van der Waals surface area contributed by atoms with Crippen molar-refractivity contribution in [2.24, 2.45) is 0 Å². The summed E-state index contributed by atoms with van der Waals surface area (Å²) in [6.45, 7) is 3.49. The van der Waals surface area contributed by atoms with Crippen LogP contribution in [0.1, 0.15) is 28.8 Å². The van der Waals surface area contributed by atoms with Crippen LogP contribution in [0.4, 0.5) is 0 Å². The Morgan fingerprint density at radius 1 is 1.39 bits per heavy atom. The highest BCUT2D eigenvalue weighted by molar-refractivity contribution is 8.00. The van der Waals surface area contributed by atoms with Crippen LogP contribution in [-0.4, -0.2) is 22.2 Å². The predicted octanol–water partition coefficient (Wildman–Crippen LogP) is 3.74. The van der Waals surface area contributed by atoms with Gasteiger partial charge in [0.05, 0.1) is 16.8 Å². The average molecular weight is 354 g/mol. The second-order valence-electron chi connectivity index (χ2n) is 4.90. The van der Waals surface area contributed by atoms with Crippen LogP contribution in [0.3, 0.4) is 0 Å². The Balaban J connectivity index is 1.93. The van der Waals surface area contributed by atoms with Gasteiger partial charge in [-0.2, -0.15) is 0 Å². The molecule has 2 rings (SSSR count). The number of aromatic carboxylic acids is 1. The molecule has 0 fully saturated rings. The van der Waals surface area contributed by atoms with Gasteiger partial charge >= 0.3 is 5.97 Å². The number of rotatable bonds is 6. The zero-order chi connectivity index (χ0) is 17.0. The largest absolute Gasteiger partial charge is 0.478 e. The van der Waals surface area contributed by atoms with E-state index < -0.39 is 5.97 Å². The van der Waals surface area contributed by atoms with Crippen LogP contribution in [-0.2, 0) is 11.3 Å². The van der Waals surface area contributed by atoms with E-state index in [4.69, 9.17) is 21.1 Å². The summed E-state index contributed by atoms with van der Waals surface area (Å²) in [5, 5.41) is 12.0. The van der Waals surface area contributed by atoms with E-state index in [1.54, 1.807) is 19.9 Å². The zero-order valence-corrected chi connectivity index (χ0v) is 14.2. The highest BCUT2D eigenvalue weighted by Crippen LogP contribution is 2.30. The van der Waals surface area contributed by atoms with Gasteiger partial charge in [0.25, 0.3) is 0 Å². The van der Waals surface area contributed by atoms with Gasteiger partial charge in [0, 0.05) is 4.90 Å². The van der Waals surface area contributed by atoms with E-state index in [1.807, 2.05) is 18.2 Å². The normalized spacial score (nSPS) is 12.0. The summed E-state index contributed by atoms with van der Waals surface area (Å²) in [6.07, 6.45) is 0. The lowest BCUT2D eigenvalue weighted by Gasteiger charge is -2.12. The number of nitrogens with one attached hydrogen (secondary N) is 1. The Labute approximate surface area is 143 Å². The summed E-state index contributed by atoms with van der Waals surface area (Å²) in [6, 6.07) is 8.73. The Morgan fingerprint density at radius 2 is 2.09 bits per heavy atom. The van der Waals surface area contributed by atoms with Crippen molar-refractivity contribution in [2.75, 3.05) is 0 Å². The fraction of sp³-hybridized carbons (Fsp3) is 0.250. The fourth-order valence-corrected chi connectivity index (χ4v) is 3.12. The molecular weight excluding hydrogens is 338 g/mol. The summed E-state index contributed by atoms with van der Waals surface area (Å²) in [5.41, 5.74) is 0.104. The van der Waals surface area contributed by atoms with E-state index >= 15 is 0 Å². The molecule has 23 heavy (non-hydrogen) atoms. The molecule has 2 N–H and O–H groups in total. The number of thioether (sulfide) groups is 1. The zero-order valence-electron chi connectivity index (χ0n) is 12.6. The number of carboxylic acid groups (broad SMARTS) is 1. The van der Waals surface area contributed by atoms with Crippen molar-refractivity contribution in [3.63, 3.8) is 0 Å². The summed E-state index contributed by atoms with van der Waals surface area (Å²) < 4.78 is 5.32. The van der Waals surface area contributed by atoms with E-state index in [0.717, 1.165) is 4.90 Å². The van der Waals surface area contributed by atoms with Gasteiger partial charge in [-0.1, -0.05) is 23.7 Å². The molecule has 2 aromatic rings. The highest BCUT2D eigenvalue weighted by Gasteiger charge is 2.18. The number of furan rings is 1. The molecule has 5 nitrogen and oxygen atoms in total. The smallest absolute Gasteiger partial charge is 0.339 e. The summed E-state index contributed by atoms with van der Waals surface area (Å²) >= 11 is 7.43. The molecule has 1 heterocycles. The molecule has 0 bridgehead atoms. The summed E-state index contributed by atoms with van der Waals surface area (Å²) in [4.78, 5) is 23.9. The molecule has 0 aliphatic rings. The number of hydrogen-bond acceptors (Lipinski definition) is 4. The average Bonchev–Trinajstić information content (AvgIpc) is 2.88. The molecule has 1 atom stereocenters. The van der Waals surface area contributed by atoms with E-state index in [0.29, 0.717) is 16.5 Å². The van der Waals surface area contributed by atoms with Gasteiger partial charge in [0.1, 0.15) is 17.1 Å². The van der Waals surface area contributed by atoms with Gasteiger partial charge in [-0.3, -0.25) is 4.79 Å². The van der Waals surface area contributed by atoms with Crippen molar-refractivity contribution >= 4 is 35.2 Å². The van der Waals surface area contributed by atoms with Gasteiger partial charge in [-0.05, 0) is 32.0 Å². The molecule has 0 spiro atoms. The number of carbonyl (C=O) groups is 2. The Bertz CT molecular complexity index is 729. The maximum absolute atomic E-state index is 12.1. The van der Waals surface area contributed by atoms with Crippen LogP contribution in [0, 0.1) is 6.92 Å². The third-order valence-corrected chi connectivity index (χ3v) is 4.76. The number of hydrogen-bond donors (Lipinski definition) is 2. The molecule has 0 saturated carbocycles. The second-order valence-corrected chi connectivity index (χ2v) is 6.69. The fourth-order valence-electron chi connectivity index (χ4n) is 1.95. The third kappa shape index (κ3) is 4.53. The molecule has 0 radical (unpaired) electrons. The monoisotopic (exact) mass is 353 g/mol. The van der Waals surface area contributed by atoms with E-state index in [-0.39, 0.29) is 23.3 Å². The molecule has 1 unspecified atom stereocenters. The Morgan fingerprint density at radius 3 is 2.70 bits per heavy atom. The lowest BCUT2D eigenvalue weighted by Crippen LogP contribution is -2.30. The first-order valence-electron chi connectivity index (χ1n) is 6.90. The van der Waals surface area contributed by atoms with Gasteiger partial charge in [0.2, 0.25) is 5.91 Å². The van der Waals surface area contributed by atoms with Crippen LogP contribution in [0.5, 0.6) is 0 Å². The number of halogens is 1. The minimum atomic E-state index is -1.05. The van der Waals surface area contributed by atoms with Crippen LogP contribution < -0.4 is 5.32 Å². The van der Waals surface area contributed by atoms with Gasteiger partial charge in [-0.15, -0.1) is 11.8 Å². The number of amides is 1. The SMILES string of the molecule is Cc1oc(CNC(=O)C(C)Sc2ccccc2Cl)cc1C(=O)O. The first kappa shape index (κ1) is 17.4. The quantitative estimate of drug-likeness (QED) is 0.773. The number of benzene rings is 1. The van der Waals surface area contributed by atoms with Crippen molar-refractivity contribution < 1.29 is 19.1 Å². The number of carboxylic acids is 1. The number of aryl methyl sites for hydroxylation is 1. The van der Waals surface area contributed by atoms with Crippen LogP contribution in [0.2, 0.25) is 5.02 Å². The highest BCUT2D eigenvalue weighted by atomic mass is 35.5. The predicted molar refractivity (Wildman–Crippen MR) is 89.0 cm³/mol. The topological polar surface area (TPSA) is 79.5 Å². The maximum atomic E-state index is 12.1. The lowest BCUT2D eigenvalue weighted by molar-refractivity contribution is -0.120. The lowest BCUT2D eigenvalue weighted by atomic mass is 10.2. The number of carbonyl (C=O) groups excluding carboxylic acids is 1. The van der Waals surface area contributed by atoms with Crippen molar-refractivity contribution in [3.8, 4) is 0 Å². The van der Waals surface area contributed by atoms with Crippen LogP contribution >= 0.6 is 23.4 Å². The van der Waals surface area contributed by atoms with E-state index in [9.17, 15) is 9.59 Å². The minimum Gasteiger partial charge on any atom is -0.478 e. The van der Waals surface area contributed by atoms with Crippen molar-refractivity contribution in [2.45, 2.75) is 30.5 Å². The molecule has 0 aliphatic heterocycles. The van der Waals surface area contributed by atoms with Gasteiger partial charge in [-0.25, -0.2) is 4.79 Å². The van der Waals surface area contributed by atoms with E-state index in [2.05, 4.69) is 5.32 Å². The van der Waals surface area contributed by atoms with Crippen molar-refractivity contribution in [1.29, 1.82) is 0 Å². The van der Waals surface area contributed by atoms with Crippen LogP contribution in [0.15, 0.2) is 39.6 Å². The van der Waals surface area contributed by atoms with Crippen molar-refractivity contribution in [1.82, 2.24) is 5.32 Å².